The molecule has 0 aliphatic heterocycles. The first kappa shape index (κ1) is 25.3. The van der Waals surface area contributed by atoms with Gasteiger partial charge in [-0.3, -0.25) is 20.2 Å². The van der Waals surface area contributed by atoms with Crippen LogP contribution in [-0.4, -0.2) is 21.4 Å². The molecule has 0 saturated carbocycles. The van der Waals surface area contributed by atoms with E-state index in [2.05, 4.69) is 6.92 Å². The Morgan fingerprint density at radius 1 is 0.882 bits per heavy atom. The third kappa shape index (κ3) is 4.93. The van der Waals surface area contributed by atoms with Crippen LogP contribution in [0.3, 0.4) is 0 Å². The maximum Gasteiger partial charge on any atom is 0.279 e. The summed E-state index contributed by atoms with van der Waals surface area (Å²) in [4.78, 5) is 24.1. The smallest absolute Gasteiger partial charge is 0.258 e. The Labute approximate surface area is 206 Å². The molecule has 0 fully saturated rings. The largest absolute Gasteiger partial charge is 0.279 e. The zero-order valence-electron chi connectivity index (χ0n) is 18.8. The lowest BCUT2D eigenvalue weighted by molar-refractivity contribution is -0.385. The normalized spacial score (nSPS) is 11.4. The first-order valence-electron chi connectivity index (χ1n) is 10.8. The number of nitro groups is 2. The van der Waals surface area contributed by atoms with Gasteiger partial charge in [0.15, 0.2) is 0 Å². The van der Waals surface area contributed by atoms with Crippen molar-refractivity contribution in [3.8, 4) is 23.3 Å². The summed E-state index contributed by atoms with van der Waals surface area (Å²) in [5, 5.41) is 43.2. The number of fused-ring (bicyclic) bond motifs is 3. The molecule has 0 aromatic heterocycles. The van der Waals surface area contributed by atoms with Gasteiger partial charge in [-0.25, -0.2) is 0 Å². The quantitative estimate of drug-likeness (QED) is 0.0956. The Balaban J connectivity index is 2.40. The lowest BCUT2D eigenvalue weighted by Crippen LogP contribution is -1.96. The highest BCUT2D eigenvalue weighted by Gasteiger charge is 2.37. The Hall–Kier alpha value is -3.34. The number of hydrogen-bond donors (Lipinski definition) is 0. The highest BCUT2D eigenvalue weighted by atomic mass is 32.2. The van der Waals surface area contributed by atoms with Crippen molar-refractivity contribution < 1.29 is 9.85 Å². The molecule has 2 aromatic rings. The molecule has 0 radical (unpaired) electrons. The van der Waals surface area contributed by atoms with Crippen molar-refractivity contribution in [1.82, 2.24) is 0 Å². The molecule has 1 aliphatic carbocycles. The lowest BCUT2D eigenvalue weighted by atomic mass is 9.98. The Kier molecular flexibility index (Phi) is 8.32. The molecular weight excluding hydrogens is 472 g/mol. The van der Waals surface area contributed by atoms with E-state index in [1.54, 1.807) is 6.07 Å². The average molecular weight is 495 g/mol. The van der Waals surface area contributed by atoms with E-state index in [1.807, 2.05) is 19.1 Å². The second-order valence-corrected chi connectivity index (χ2v) is 9.93. The fraction of sp³-hybridized carbons (Fsp3) is 0.333. The van der Waals surface area contributed by atoms with Gasteiger partial charge in [-0.15, -0.1) is 23.5 Å². The standard InChI is InChI=1S/C24H22N4O4S2/c1-3-5-7-33-17-11-19-22(15(13-25)14-26)18-9-16(27(29)30)10-21(34-8-6-4-2)24(18)23(19)20(12-17)28(31)32/h9-12H,3-8H2,1-2H3. The number of allylic oxidation sites excluding steroid dienone is 1. The zero-order chi connectivity index (χ0) is 24.8. The molecule has 0 amide bonds. The van der Waals surface area contributed by atoms with Crippen LogP contribution >= 0.6 is 23.5 Å². The molecule has 34 heavy (non-hydrogen) atoms. The van der Waals surface area contributed by atoms with E-state index in [-0.39, 0.29) is 22.5 Å². The minimum Gasteiger partial charge on any atom is -0.258 e. The van der Waals surface area contributed by atoms with Crippen LogP contribution in [0.1, 0.15) is 50.7 Å². The molecule has 0 N–H and O–H groups in total. The summed E-state index contributed by atoms with van der Waals surface area (Å²) in [5.74, 6) is 1.45. The van der Waals surface area contributed by atoms with E-state index < -0.39 is 9.85 Å². The van der Waals surface area contributed by atoms with Gasteiger partial charge < -0.3 is 0 Å². The molecular formula is C24H22N4O4S2. The van der Waals surface area contributed by atoms with E-state index in [4.69, 9.17) is 0 Å². The van der Waals surface area contributed by atoms with Crippen LogP contribution in [0.25, 0.3) is 16.7 Å². The van der Waals surface area contributed by atoms with Crippen LogP contribution in [0.4, 0.5) is 11.4 Å². The van der Waals surface area contributed by atoms with Crippen LogP contribution in [0.5, 0.6) is 0 Å². The van der Waals surface area contributed by atoms with Gasteiger partial charge in [0, 0.05) is 50.3 Å². The molecule has 0 bridgehead atoms. The van der Waals surface area contributed by atoms with Crippen molar-refractivity contribution in [3.63, 3.8) is 0 Å². The minimum atomic E-state index is -0.524. The lowest BCUT2D eigenvalue weighted by Gasteiger charge is -2.10. The van der Waals surface area contributed by atoms with Crippen molar-refractivity contribution in [1.29, 1.82) is 10.5 Å². The Morgan fingerprint density at radius 3 is 2.06 bits per heavy atom. The van der Waals surface area contributed by atoms with Crippen LogP contribution in [0, 0.1) is 42.9 Å². The van der Waals surface area contributed by atoms with Gasteiger partial charge in [0.05, 0.1) is 15.4 Å². The Morgan fingerprint density at radius 2 is 1.50 bits per heavy atom. The molecule has 0 heterocycles. The summed E-state index contributed by atoms with van der Waals surface area (Å²) in [6.45, 7) is 4.09. The van der Waals surface area contributed by atoms with Gasteiger partial charge >= 0.3 is 0 Å². The third-order valence-corrected chi connectivity index (χ3v) is 7.56. The topological polar surface area (TPSA) is 134 Å². The first-order valence-corrected chi connectivity index (χ1v) is 12.8. The summed E-state index contributed by atoms with van der Waals surface area (Å²) in [6, 6.07) is 9.79. The van der Waals surface area contributed by atoms with Gasteiger partial charge in [-0.1, -0.05) is 26.7 Å². The fourth-order valence-electron chi connectivity index (χ4n) is 3.78. The fourth-order valence-corrected chi connectivity index (χ4v) is 6.05. The summed E-state index contributed by atoms with van der Waals surface area (Å²) in [6.07, 6.45) is 3.71. The van der Waals surface area contributed by atoms with Gasteiger partial charge in [0.2, 0.25) is 0 Å². The SMILES string of the molecule is CCCCSc1cc2c(c([N+](=O)[O-])c1)-c1c(SCCCC)cc([N+](=O)[O-])cc1C2=C(C#N)C#N. The molecule has 174 valence electrons. The van der Waals surface area contributed by atoms with Gasteiger partial charge in [-0.05, 0) is 30.4 Å². The summed E-state index contributed by atoms with van der Waals surface area (Å²) in [5.41, 5.74) is 1.20. The number of benzene rings is 2. The van der Waals surface area contributed by atoms with Gasteiger partial charge in [-0.2, -0.15) is 10.5 Å². The maximum absolute atomic E-state index is 12.2. The zero-order valence-corrected chi connectivity index (χ0v) is 20.4. The van der Waals surface area contributed by atoms with Crippen molar-refractivity contribution in [3.05, 3.63) is 61.2 Å². The molecule has 8 nitrogen and oxygen atoms in total. The highest BCUT2D eigenvalue weighted by molar-refractivity contribution is 7.99. The molecule has 0 spiro atoms. The van der Waals surface area contributed by atoms with Crippen LogP contribution < -0.4 is 0 Å². The van der Waals surface area contributed by atoms with E-state index in [1.165, 1.54) is 41.7 Å². The van der Waals surface area contributed by atoms with Crippen molar-refractivity contribution in [2.24, 2.45) is 0 Å². The van der Waals surface area contributed by atoms with Gasteiger partial charge in [0.25, 0.3) is 11.4 Å². The predicted octanol–water partition coefficient (Wildman–Crippen LogP) is 7.12. The summed E-state index contributed by atoms with van der Waals surface area (Å²) < 4.78 is 0. The first-order chi connectivity index (χ1) is 16.4. The van der Waals surface area contributed by atoms with Crippen molar-refractivity contribution in [2.75, 3.05) is 11.5 Å². The number of rotatable bonds is 10. The van der Waals surface area contributed by atoms with Crippen LogP contribution in [0.15, 0.2) is 39.6 Å². The van der Waals surface area contributed by atoms with Crippen LogP contribution in [0.2, 0.25) is 0 Å². The third-order valence-electron chi connectivity index (χ3n) is 5.37. The second-order valence-electron chi connectivity index (χ2n) is 7.62. The Bertz CT molecular complexity index is 1260. The number of unbranched alkanes of at least 4 members (excludes halogenated alkanes) is 2. The van der Waals surface area contributed by atoms with Crippen LogP contribution in [-0.2, 0) is 0 Å². The predicted molar refractivity (Wildman–Crippen MR) is 134 cm³/mol. The van der Waals surface area contributed by atoms with Crippen molar-refractivity contribution >= 4 is 40.5 Å². The molecule has 1 aliphatic rings. The van der Waals surface area contributed by atoms with E-state index in [0.717, 1.165) is 31.4 Å². The molecule has 10 heteroatoms. The monoisotopic (exact) mass is 494 g/mol. The summed E-state index contributed by atoms with van der Waals surface area (Å²) >= 11 is 2.87. The molecule has 2 aromatic carbocycles. The highest BCUT2D eigenvalue weighted by Crippen LogP contribution is 2.55. The number of hydrogen-bond acceptors (Lipinski definition) is 8. The minimum absolute atomic E-state index is 0.130. The second kappa shape index (κ2) is 11.2. The van der Waals surface area contributed by atoms with E-state index in [9.17, 15) is 30.8 Å². The van der Waals surface area contributed by atoms with Crippen molar-refractivity contribution in [2.45, 2.75) is 49.3 Å². The molecule has 0 unspecified atom stereocenters. The number of non-ortho nitro benzene ring substituents is 1. The molecule has 0 saturated heterocycles. The molecule has 3 rings (SSSR count). The van der Waals surface area contributed by atoms with Gasteiger partial charge in [0.1, 0.15) is 17.7 Å². The average Bonchev–Trinajstić information content (AvgIpc) is 3.14. The number of nitrogens with zero attached hydrogens (tertiary/aromatic N) is 4. The summed E-state index contributed by atoms with van der Waals surface area (Å²) in [7, 11) is 0. The van der Waals surface area contributed by atoms with E-state index in [0.29, 0.717) is 37.8 Å². The molecule has 0 atom stereocenters. The number of thioether (sulfide) groups is 2. The van der Waals surface area contributed by atoms with E-state index >= 15 is 0 Å². The number of nitriles is 2. The number of nitro benzene ring substituents is 2. The maximum atomic E-state index is 12.2.